The Labute approximate surface area is 134 Å². The van der Waals surface area contributed by atoms with Crippen LogP contribution in [-0.4, -0.2) is 17.5 Å². The van der Waals surface area contributed by atoms with Crippen LogP contribution in [0, 0.1) is 5.92 Å². The normalized spacial score (nSPS) is 26.0. The van der Waals surface area contributed by atoms with E-state index in [0.29, 0.717) is 12.1 Å². The van der Waals surface area contributed by atoms with Crippen LogP contribution in [0.5, 0.6) is 0 Å². The van der Waals surface area contributed by atoms with Gasteiger partial charge in [0.25, 0.3) is 0 Å². The summed E-state index contributed by atoms with van der Waals surface area (Å²) in [6.07, 6.45) is 5.24. The van der Waals surface area contributed by atoms with Crippen LogP contribution >= 0.6 is 0 Å². The van der Waals surface area contributed by atoms with Gasteiger partial charge in [-0.3, -0.25) is 4.90 Å². The predicted octanol–water partition coefficient (Wildman–Crippen LogP) is 4.63. The molecule has 0 unspecified atom stereocenters. The van der Waals surface area contributed by atoms with Crippen LogP contribution in [0.1, 0.15) is 42.5 Å². The second-order valence-electron chi connectivity index (χ2n) is 7.06. The molecule has 22 heavy (non-hydrogen) atoms. The molecule has 3 atom stereocenters. The highest BCUT2D eigenvalue weighted by molar-refractivity contribution is 5.30. The lowest BCUT2D eigenvalue weighted by molar-refractivity contribution is 0.0643. The fraction of sp³-hybridized carbons (Fsp3) is 0.429. The molecule has 2 aromatic rings. The first-order valence-corrected chi connectivity index (χ1v) is 8.69. The minimum Gasteiger partial charge on any atom is -0.293 e. The first kappa shape index (κ1) is 14.0. The van der Waals surface area contributed by atoms with Crippen LogP contribution in [0.3, 0.4) is 0 Å². The summed E-state index contributed by atoms with van der Waals surface area (Å²) in [5, 5.41) is 0. The molecule has 3 aliphatic rings. The van der Waals surface area contributed by atoms with Crippen molar-refractivity contribution >= 4 is 0 Å². The van der Waals surface area contributed by atoms with Crippen molar-refractivity contribution in [3.05, 3.63) is 71.3 Å². The highest BCUT2D eigenvalue weighted by Crippen LogP contribution is 2.36. The smallest absolute Gasteiger partial charge is 0.0323 e. The maximum absolute atomic E-state index is 2.78. The van der Waals surface area contributed by atoms with E-state index in [9.17, 15) is 0 Å². The van der Waals surface area contributed by atoms with Gasteiger partial charge in [0.2, 0.25) is 0 Å². The molecule has 2 aliphatic heterocycles. The highest BCUT2D eigenvalue weighted by atomic mass is 15.2. The standard InChI is InChI=1S/C21H25N/c1-16(18-7-3-2-4-8-18)22-15-17-11-12-21(22)14-20-10-6-5-9-19(20)13-17/h2-10,16-17,21H,11-15H2,1H3/t16-,17-,21+/m0/s1. The topological polar surface area (TPSA) is 3.24 Å². The first-order valence-electron chi connectivity index (χ1n) is 8.69. The predicted molar refractivity (Wildman–Crippen MR) is 91.9 cm³/mol. The molecule has 1 heteroatoms. The molecule has 1 saturated heterocycles. The zero-order chi connectivity index (χ0) is 14.9. The molecule has 5 rings (SSSR count). The molecule has 0 spiro atoms. The van der Waals surface area contributed by atoms with Gasteiger partial charge in [-0.05, 0) is 55.2 Å². The second-order valence-corrected chi connectivity index (χ2v) is 7.06. The number of hydrogen-bond donors (Lipinski definition) is 0. The lowest BCUT2D eigenvalue weighted by Gasteiger charge is -2.45. The van der Waals surface area contributed by atoms with Crippen molar-refractivity contribution in [3.63, 3.8) is 0 Å². The number of fused-ring (bicyclic) bond motifs is 2. The van der Waals surface area contributed by atoms with E-state index < -0.39 is 0 Å². The van der Waals surface area contributed by atoms with E-state index in [2.05, 4.69) is 66.4 Å². The van der Waals surface area contributed by atoms with Gasteiger partial charge in [-0.15, -0.1) is 0 Å². The van der Waals surface area contributed by atoms with Gasteiger partial charge in [-0.2, -0.15) is 0 Å². The monoisotopic (exact) mass is 291 g/mol. The van der Waals surface area contributed by atoms with E-state index in [1.54, 1.807) is 11.1 Å². The van der Waals surface area contributed by atoms with E-state index in [0.717, 1.165) is 5.92 Å². The van der Waals surface area contributed by atoms with Crippen LogP contribution in [-0.2, 0) is 12.8 Å². The fourth-order valence-corrected chi connectivity index (χ4v) is 4.44. The summed E-state index contributed by atoms with van der Waals surface area (Å²) in [4.78, 5) is 2.78. The fourth-order valence-electron chi connectivity index (χ4n) is 4.44. The summed E-state index contributed by atoms with van der Waals surface area (Å²) in [6.45, 7) is 3.65. The minimum absolute atomic E-state index is 0.527. The van der Waals surface area contributed by atoms with Crippen LogP contribution in [0.4, 0.5) is 0 Å². The van der Waals surface area contributed by atoms with Crippen molar-refractivity contribution in [2.24, 2.45) is 5.92 Å². The molecule has 0 amide bonds. The van der Waals surface area contributed by atoms with E-state index >= 15 is 0 Å². The average molecular weight is 291 g/mol. The third-order valence-corrected chi connectivity index (χ3v) is 5.71. The molecule has 0 N–H and O–H groups in total. The Morgan fingerprint density at radius 1 is 0.864 bits per heavy atom. The Kier molecular flexibility index (Phi) is 3.75. The van der Waals surface area contributed by atoms with Crippen molar-refractivity contribution < 1.29 is 0 Å². The zero-order valence-electron chi connectivity index (χ0n) is 13.4. The largest absolute Gasteiger partial charge is 0.293 e. The molecule has 1 nitrogen and oxygen atoms in total. The Morgan fingerprint density at radius 3 is 2.32 bits per heavy atom. The molecule has 2 bridgehead atoms. The Bertz CT molecular complexity index is 633. The summed E-state index contributed by atoms with van der Waals surface area (Å²) in [5.41, 5.74) is 4.65. The van der Waals surface area contributed by atoms with Gasteiger partial charge in [0.1, 0.15) is 0 Å². The highest BCUT2D eigenvalue weighted by Gasteiger charge is 2.34. The molecule has 0 radical (unpaired) electrons. The molecule has 2 heterocycles. The number of piperidine rings is 1. The van der Waals surface area contributed by atoms with Crippen LogP contribution < -0.4 is 0 Å². The molecule has 114 valence electrons. The molecule has 0 aromatic heterocycles. The number of benzene rings is 2. The van der Waals surface area contributed by atoms with E-state index in [1.165, 1.54) is 37.8 Å². The third-order valence-electron chi connectivity index (χ3n) is 5.71. The van der Waals surface area contributed by atoms with Crippen LogP contribution in [0.15, 0.2) is 54.6 Å². The second kappa shape index (κ2) is 5.89. The van der Waals surface area contributed by atoms with Crippen LogP contribution in [0.25, 0.3) is 0 Å². The van der Waals surface area contributed by atoms with Crippen LogP contribution in [0.2, 0.25) is 0 Å². The van der Waals surface area contributed by atoms with E-state index in [1.807, 2.05) is 0 Å². The van der Waals surface area contributed by atoms with Crippen molar-refractivity contribution in [2.45, 2.75) is 44.7 Å². The summed E-state index contributed by atoms with van der Waals surface area (Å²) in [5.74, 6) is 0.823. The molecule has 1 fully saturated rings. The van der Waals surface area contributed by atoms with Gasteiger partial charge in [0, 0.05) is 18.6 Å². The summed E-state index contributed by atoms with van der Waals surface area (Å²) in [6, 6.07) is 21.4. The maximum atomic E-state index is 2.78. The lowest BCUT2D eigenvalue weighted by Crippen LogP contribution is -2.47. The SMILES string of the molecule is C[C@@H](c1ccccc1)N1C[C@H]2CC[C@@H]1Cc1ccccc1C2. The molecule has 1 aliphatic carbocycles. The average Bonchev–Trinajstić information content (AvgIpc) is 2.55. The van der Waals surface area contributed by atoms with Gasteiger partial charge < -0.3 is 0 Å². The first-order chi connectivity index (χ1) is 10.8. The Hall–Kier alpha value is -1.60. The zero-order valence-corrected chi connectivity index (χ0v) is 13.4. The molecular weight excluding hydrogens is 266 g/mol. The Morgan fingerprint density at radius 2 is 1.55 bits per heavy atom. The maximum Gasteiger partial charge on any atom is 0.0323 e. The molecule has 0 saturated carbocycles. The quantitative estimate of drug-likeness (QED) is 0.780. The van der Waals surface area contributed by atoms with Gasteiger partial charge in [0.05, 0.1) is 0 Å². The molecule has 2 aromatic carbocycles. The van der Waals surface area contributed by atoms with E-state index in [-0.39, 0.29) is 0 Å². The van der Waals surface area contributed by atoms with Crippen molar-refractivity contribution in [3.8, 4) is 0 Å². The minimum atomic E-state index is 0.527. The van der Waals surface area contributed by atoms with Crippen molar-refractivity contribution in [1.82, 2.24) is 4.90 Å². The van der Waals surface area contributed by atoms with Gasteiger partial charge in [-0.1, -0.05) is 54.6 Å². The summed E-state index contributed by atoms with van der Waals surface area (Å²) in [7, 11) is 0. The number of nitrogens with zero attached hydrogens (tertiary/aromatic N) is 1. The van der Waals surface area contributed by atoms with E-state index in [4.69, 9.17) is 0 Å². The summed E-state index contributed by atoms with van der Waals surface area (Å²) >= 11 is 0. The molecular formula is C21H25N. The van der Waals surface area contributed by atoms with Gasteiger partial charge >= 0.3 is 0 Å². The van der Waals surface area contributed by atoms with Gasteiger partial charge in [0.15, 0.2) is 0 Å². The lowest BCUT2D eigenvalue weighted by atomic mass is 9.79. The Balaban J connectivity index is 1.64. The number of rotatable bonds is 2. The van der Waals surface area contributed by atoms with Crippen molar-refractivity contribution in [1.29, 1.82) is 0 Å². The van der Waals surface area contributed by atoms with Gasteiger partial charge in [-0.25, -0.2) is 0 Å². The number of hydrogen-bond acceptors (Lipinski definition) is 1. The third kappa shape index (κ3) is 2.59. The summed E-state index contributed by atoms with van der Waals surface area (Å²) < 4.78 is 0. The van der Waals surface area contributed by atoms with Crippen molar-refractivity contribution in [2.75, 3.05) is 6.54 Å².